The Morgan fingerprint density at radius 1 is 1.35 bits per heavy atom. The van der Waals surface area contributed by atoms with Gasteiger partial charge < -0.3 is 15.5 Å². The third-order valence-corrected chi connectivity index (χ3v) is 5.55. The Morgan fingerprint density at radius 2 is 2.23 bits per heavy atom. The van der Waals surface area contributed by atoms with Gasteiger partial charge in [-0.05, 0) is 30.4 Å². The van der Waals surface area contributed by atoms with E-state index in [1.54, 1.807) is 11.0 Å². The summed E-state index contributed by atoms with van der Waals surface area (Å²) >= 11 is 1.44. The maximum atomic E-state index is 12.9. The molecular formula is C18H18N4O3S. The second-order valence-electron chi connectivity index (χ2n) is 6.45. The van der Waals surface area contributed by atoms with Crippen molar-refractivity contribution in [2.45, 2.75) is 12.8 Å². The number of thiophene rings is 1. The molecule has 0 radical (unpaired) electrons. The summed E-state index contributed by atoms with van der Waals surface area (Å²) in [6, 6.07) is 5.33. The first kappa shape index (κ1) is 16.7. The van der Waals surface area contributed by atoms with Crippen molar-refractivity contribution in [3.05, 3.63) is 40.2 Å². The van der Waals surface area contributed by atoms with Crippen LogP contribution in [0.3, 0.4) is 0 Å². The molecule has 1 atom stereocenters. The molecule has 7 nitrogen and oxygen atoms in total. The van der Waals surface area contributed by atoms with Crippen LogP contribution in [0.1, 0.15) is 32.9 Å². The van der Waals surface area contributed by atoms with Crippen LogP contribution in [-0.2, 0) is 4.79 Å². The van der Waals surface area contributed by atoms with Crippen LogP contribution in [0.5, 0.6) is 0 Å². The average Bonchev–Trinajstić information content (AvgIpc) is 3.21. The van der Waals surface area contributed by atoms with Gasteiger partial charge in [-0.15, -0.1) is 11.3 Å². The molecule has 0 spiro atoms. The summed E-state index contributed by atoms with van der Waals surface area (Å²) in [5.74, 6) is 0.175. The van der Waals surface area contributed by atoms with Gasteiger partial charge in [0.05, 0.1) is 22.7 Å². The Morgan fingerprint density at radius 3 is 3.04 bits per heavy atom. The van der Waals surface area contributed by atoms with Crippen molar-refractivity contribution in [3.8, 4) is 0 Å². The lowest BCUT2D eigenvalue weighted by atomic mass is 9.92. The van der Waals surface area contributed by atoms with Gasteiger partial charge in [-0.2, -0.15) is 0 Å². The number of rotatable bonds is 3. The van der Waals surface area contributed by atoms with Gasteiger partial charge in [0.1, 0.15) is 5.82 Å². The molecule has 8 heteroatoms. The van der Waals surface area contributed by atoms with Crippen LogP contribution in [0.15, 0.2) is 29.8 Å². The number of hydrogen-bond acceptors (Lipinski definition) is 6. The molecule has 1 unspecified atom stereocenters. The van der Waals surface area contributed by atoms with E-state index in [-0.39, 0.29) is 30.1 Å². The number of amides is 2. The quantitative estimate of drug-likeness (QED) is 0.809. The Balaban J connectivity index is 1.50. The summed E-state index contributed by atoms with van der Waals surface area (Å²) in [5, 5.41) is 7.51. The van der Waals surface area contributed by atoms with Gasteiger partial charge in [0, 0.05) is 25.2 Å². The maximum Gasteiger partial charge on any atom is 0.255 e. The Labute approximate surface area is 154 Å². The van der Waals surface area contributed by atoms with Crippen LogP contribution in [0.2, 0.25) is 0 Å². The van der Waals surface area contributed by atoms with Crippen LogP contribution < -0.4 is 10.6 Å². The lowest BCUT2D eigenvalue weighted by Crippen LogP contribution is -2.42. The summed E-state index contributed by atoms with van der Waals surface area (Å²) in [5.41, 5.74) is 0.923. The molecule has 0 saturated carbocycles. The van der Waals surface area contributed by atoms with Gasteiger partial charge in [-0.25, -0.2) is 4.98 Å². The summed E-state index contributed by atoms with van der Waals surface area (Å²) in [6.45, 7) is 1.21. The monoisotopic (exact) mass is 370 g/mol. The summed E-state index contributed by atoms with van der Waals surface area (Å²) in [4.78, 5) is 43.6. The van der Waals surface area contributed by atoms with Gasteiger partial charge in [0.15, 0.2) is 5.78 Å². The molecule has 0 aliphatic carbocycles. The van der Waals surface area contributed by atoms with Crippen LogP contribution in [0.25, 0.3) is 0 Å². The largest absolute Gasteiger partial charge is 0.359 e. The number of piperidine rings is 1. The number of Topliss-reactive ketones (excluding diaryl/α,β-unsaturated/α-hetero) is 1. The average molecular weight is 370 g/mol. The van der Waals surface area contributed by atoms with E-state index in [2.05, 4.69) is 15.6 Å². The lowest BCUT2D eigenvalue weighted by molar-refractivity contribution is -0.114. The van der Waals surface area contributed by atoms with Crippen molar-refractivity contribution in [1.82, 2.24) is 9.88 Å². The normalized spacial score (nSPS) is 19.3. The molecule has 1 saturated heterocycles. The lowest BCUT2D eigenvalue weighted by Gasteiger charge is -2.32. The SMILES string of the molecule is O=C1CNc2ncc(C(=O)N3CCCC(C(=O)c4cccs4)C3)cc2N1. The van der Waals surface area contributed by atoms with Crippen molar-refractivity contribution in [2.24, 2.45) is 5.92 Å². The highest BCUT2D eigenvalue weighted by molar-refractivity contribution is 7.12. The van der Waals surface area contributed by atoms with Gasteiger partial charge >= 0.3 is 0 Å². The molecule has 2 aromatic heterocycles. The zero-order valence-electron chi connectivity index (χ0n) is 14.0. The smallest absolute Gasteiger partial charge is 0.255 e. The molecule has 26 heavy (non-hydrogen) atoms. The van der Waals surface area contributed by atoms with Crippen LogP contribution in [-0.4, -0.2) is 47.1 Å². The number of nitrogens with zero attached hydrogens (tertiary/aromatic N) is 2. The predicted octanol–water partition coefficient (Wildman–Crippen LogP) is 2.24. The summed E-state index contributed by atoms with van der Waals surface area (Å²) < 4.78 is 0. The highest BCUT2D eigenvalue weighted by Gasteiger charge is 2.30. The second-order valence-corrected chi connectivity index (χ2v) is 7.40. The first-order valence-electron chi connectivity index (χ1n) is 8.52. The number of anilines is 2. The van der Waals surface area contributed by atoms with E-state index in [0.717, 1.165) is 17.7 Å². The van der Waals surface area contributed by atoms with E-state index < -0.39 is 0 Å². The number of pyridine rings is 1. The van der Waals surface area contributed by atoms with Crippen LogP contribution >= 0.6 is 11.3 Å². The first-order valence-corrected chi connectivity index (χ1v) is 9.40. The Bertz CT molecular complexity index is 865. The molecule has 0 aromatic carbocycles. The zero-order chi connectivity index (χ0) is 18.1. The molecule has 4 rings (SSSR count). The number of likely N-dealkylation sites (tertiary alicyclic amines) is 1. The Kier molecular flexibility index (Phi) is 4.42. The molecule has 1 fully saturated rings. The van der Waals surface area contributed by atoms with E-state index in [9.17, 15) is 14.4 Å². The second kappa shape index (κ2) is 6.87. The van der Waals surface area contributed by atoms with Crippen molar-refractivity contribution in [2.75, 3.05) is 30.3 Å². The van der Waals surface area contributed by atoms with Gasteiger partial charge in [0.2, 0.25) is 5.91 Å². The minimum Gasteiger partial charge on any atom is -0.359 e. The minimum atomic E-state index is -0.168. The molecule has 2 aliphatic heterocycles. The molecule has 2 amide bonds. The standard InChI is InChI=1S/C18H18N4O3S/c23-15-9-20-17-13(21-15)7-12(8-19-17)18(25)22-5-1-3-11(10-22)16(24)14-4-2-6-26-14/h2,4,6-8,11H,1,3,5,9-10H2,(H,19,20)(H,21,23). The van der Waals surface area contributed by atoms with Crippen molar-refractivity contribution >= 4 is 40.4 Å². The molecule has 2 N–H and O–H groups in total. The number of aromatic nitrogens is 1. The molecule has 0 bridgehead atoms. The number of nitrogens with one attached hydrogen (secondary N) is 2. The Hall–Kier alpha value is -2.74. The van der Waals surface area contributed by atoms with Gasteiger partial charge in [0.25, 0.3) is 5.91 Å². The number of fused-ring (bicyclic) bond motifs is 1. The molecule has 2 aliphatic rings. The van der Waals surface area contributed by atoms with E-state index in [1.165, 1.54) is 17.5 Å². The third-order valence-electron chi connectivity index (χ3n) is 4.67. The van der Waals surface area contributed by atoms with Gasteiger partial charge in [-0.1, -0.05) is 6.07 Å². The van der Waals surface area contributed by atoms with E-state index in [4.69, 9.17) is 0 Å². The molecular weight excluding hydrogens is 352 g/mol. The topological polar surface area (TPSA) is 91.4 Å². The zero-order valence-corrected chi connectivity index (χ0v) is 14.8. The number of carbonyl (C=O) groups excluding carboxylic acids is 3. The highest BCUT2D eigenvalue weighted by Crippen LogP contribution is 2.27. The maximum absolute atomic E-state index is 12.9. The van der Waals surface area contributed by atoms with Crippen molar-refractivity contribution in [3.63, 3.8) is 0 Å². The third kappa shape index (κ3) is 3.20. The fraction of sp³-hybridized carbons (Fsp3) is 0.333. The molecule has 4 heterocycles. The summed E-state index contributed by atoms with van der Waals surface area (Å²) in [7, 11) is 0. The van der Waals surface area contributed by atoms with E-state index >= 15 is 0 Å². The minimum absolute atomic E-state index is 0.109. The molecule has 2 aromatic rings. The highest BCUT2D eigenvalue weighted by atomic mass is 32.1. The number of ketones is 1. The van der Waals surface area contributed by atoms with Crippen molar-refractivity contribution in [1.29, 1.82) is 0 Å². The predicted molar refractivity (Wildman–Crippen MR) is 98.6 cm³/mol. The van der Waals surface area contributed by atoms with Crippen molar-refractivity contribution < 1.29 is 14.4 Å². The van der Waals surface area contributed by atoms with Crippen LogP contribution in [0.4, 0.5) is 11.5 Å². The fourth-order valence-corrected chi connectivity index (χ4v) is 4.10. The fourth-order valence-electron chi connectivity index (χ4n) is 3.35. The van der Waals surface area contributed by atoms with Crippen LogP contribution in [0, 0.1) is 5.92 Å². The van der Waals surface area contributed by atoms with E-state index in [0.29, 0.717) is 30.2 Å². The first-order chi connectivity index (χ1) is 12.6. The summed E-state index contributed by atoms with van der Waals surface area (Å²) in [6.07, 6.45) is 3.10. The molecule has 134 valence electrons. The van der Waals surface area contributed by atoms with E-state index in [1.807, 2.05) is 17.5 Å². The van der Waals surface area contributed by atoms with Gasteiger partial charge in [-0.3, -0.25) is 14.4 Å². The number of hydrogen-bond donors (Lipinski definition) is 2. The number of carbonyl (C=O) groups is 3.